The minimum atomic E-state index is -0.123. The smallest absolute Gasteiger partial charge is 0.252 e. The summed E-state index contributed by atoms with van der Waals surface area (Å²) in [4.78, 5) is 26.4. The van der Waals surface area contributed by atoms with Gasteiger partial charge in [-0.25, -0.2) is 0 Å². The second-order valence-corrected chi connectivity index (χ2v) is 6.56. The van der Waals surface area contributed by atoms with Crippen LogP contribution in [0.15, 0.2) is 47.2 Å². The first kappa shape index (κ1) is 18.2. The number of rotatable bonds is 8. The molecule has 4 nitrogen and oxygen atoms in total. The third-order valence-electron chi connectivity index (χ3n) is 4.05. The van der Waals surface area contributed by atoms with Gasteiger partial charge < -0.3 is 10.2 Å². The Morgan fingerprint density at radius 1 is 1.21 bits per heavy atom. The van der Waals surface area contributed by atoms with Crippen LogP contribution >= 0.6 is 11.3 Å². The third-order valence-corrected chi connectivity index (χ3v) is 4.73. The van der Waals surface area contributed by atoms with Gasteiger partial charge in [0.2, 0.25) is 5.91 Å². The SMILES string of the molecule is CC[C@@H](C)N(Cc1ccccc1)C(=O)CCNC(=O)c1ccsc1. The van der Waals surface area contributed by atoms with Gasteiger partial charge in [0, 0.05) is 36.5 Å². The molecule has 24 heavy (non-hydrogen) atoms. The van der Waals surface area contributed by atoms with Gasteiger partial charge in [0.25, 0.3) is 5.91 Å². The maximum absolute atomic E-state index is 12.6. The number of nitrogens with zero attached hydrogens (tertiary/aromatic N) is 1. The highest BCUT2D eigenvalue weighted by molar-refractivity contribution is 7.08. The first-order valence-electron chi connectivity index (χ1n) is 8.25. The predicted octanol–water partition coefficient (Wildman–Crippen LogP) is 3.70. The normalized spacial score (nSPS) is 11.8. The number of thiophene rings is 1. The molecule has 2 aromatic rings. The highest BCUT2D eigenvalue weighted by Gasteiger charge is 2.19. The number of hydrogen-bond donors (Lipinski definition) is 1. The molecule has 0 aliphatic rings. The van der Waals surface area contributed by atoms with Crippen LogP contribution in [0, 0.1) is 0 Å². The fourth-order valence-electron chi connectivity index (χ4n) is 2.41. The Morgan fingerprint density at radius 2 is 1.96 bits per heavy atom. The fourth-order valence-corrected chi connectivity index (χ4v) is 3.05. The quantitative estimate of drug-likeness (QED) is 0.794. The number of carbonyl (C=O) groups excluding carboxylic acids is 2. The van der Waals surface area contributed by atoms with E-state index in [1.54, 1.807) is 11.4 Å². The Balaban J connectivity index is 1.89. The summed E-state index contributed by atoms with van der Waals surface area (Å²) in [6.07, 6.45) is 1.22. The monoisotopic (exact) mass is 344 g/mol. The highest BCUT2D eigenvalue weighted by Crippen LogP contribution is 2.12. The average Bonchev–Trinajstić information content (AvgIpc) is 3.14. The van der Waals surface area contributed by atoms with Crippen molar-refractivity contribution in [2.75, 3.05) is 6.54 Å². The van der Waals surface area contributed by atoms with E-state index in [1.807, 2.05) is 40.6 Å². The van der Waals surface area contributed by atoms with Crippen molar-refractivity contribution in [3.05, 3.63) is 58.3 Å². The van der Waals surface area contributed by atoms with Crippen LogP contribution < -0.4 is 5.32 Å². The molecule has 128 valence electrons. The van der Waals surface area contributed by atoms with E-state index in [2.05, 4.69) is 19.2 Å². The van der Waals surface area contributed by atoms with Crippen molar-refractivity contribution in [1.29, 1.82) is 0 Å². The molecular weight excluding hydrogens is 320 g/mol. The zero-order chi connectivity index (χ0) is 17.4. The Morgan fingerprint density at radius 3 is 2.58 bits per heavy atom. The number of hydrogen-bond acceptors (Lipinski definition) is 3. The van der Waals surface area contributed by atoms with E-state index in [1.165, 1.54) is 11.3 Å². The third kappa shape index (κ3) is 5.20. The molecule has 0 aliphatic carbocycles. The Bertz CT molecular complexity index is 641. The van der Waals surface area contributed by atoms with Crippen LogP contribution in [0.5, 0.6) is 0 Å². The average molecular weight is 344 g/mol. The van der Waals surface area contributed by atoms with Crippen molar-refractivity contribution >= 4 is 23.2 Å². The van der Waals surface area contributed by atoms with Crippen molar-refractivity contribution in [2.24, 2.45) is 0 Å². The molecular formula is C19H24N2O2S. The largest absolute Gasteiger partial charge is 0.351 e. The van der Waals surface area contributed by atoms with Crippen molar-refractivity contribution in [2.45, 2.75) is 39.3 Å². The Hall–Kier alpha value is -2.14. The molecule has 0 saturated carbocycles. The van der Waals surface area contributed by atoms with Gasteiger partial charge in [-0.3, -0.25) is 9.59 Å². The molecule has 5 heteroatoms. The zero-order valence-electron chi connectivity index (χ0n) is 14.2. The summed E-state index contributed by atoms with van der Waals surface area (Å²) in [5.41, 5.74) is 1.77. The maximum atomic E-state index is 12.6. The lowest BCUT2D eigenvalue weighted by Crippen LogP contribution is -2.39. The lowest BCUT2D eigenvalue weighted by molar-refractivity contribution is -0.133. The van der Waals surface area contributed by atoms with Crippen LogP contribution in [0.2, 0.25) is 0 Å². The van der Waals surface area contributed by atoms with Gasteiger partial charge in [-0.05, 0) is 30.4 Å². The summed E-state index contributed by atoms with van der Waals surface area (Å²) in [6, 6.07) is 11.9. The number of amides is 2. The molecule has 0 spiro atoms. The molecule has 0 aliphatic heterocycles. The van der Waals surface area contributed by atoms with Crippen LogP contribution in [0.3, 0.4) is 0 Å². The molecule has 1 aromatic carbocycles. The van der Waals surface area contributed by atoms with Crippen LogP contribution in [-0.2, 0) is 11.3 Å². The molecule has 2 amide bonds. The van der Waals surface area contributed by atoms with E-state index in [4.69, 9.17) is 0 Å². The Labute approximate surface area is 147 Å². The lowest BCUT2D eigenvalue weighted by Gasteiger charge is -2.29. The number of nitrogens with one attached hydrogen (secondary N) is 1. The first-order chi connectivity index (χ1) is 11.6. The number of carbonyl (C=O) groups is 2. The summed E-state index contributed by atoms with van der Waals surface area (Å²) in [6.45, 7) is 5.10. The van der Waals surface area contributed by atoms with Gasteiger partial charge in [-0.15, -0.1) is 0 Å². The van der Waals surface area contributed by atoms with Gasteiger partial charge in [0.1, 0.15) is 0 Å². The molecule has 2 rings (SSSR count). The van der Waals surface area contributed by atoms with Crippen LogP contribution in [0.4, 0.5) is 0 Å². The van der Waals surface area contributed by atoms with Crippen LogP contribution in [0.25, 0.3) is 0 Å². The van der Waals surface area contributed by atoms with Gasteiger partial charge in [-0.2, -0.15) is 11.3 Å². The van der Waals surface area contributed by atoms with Gasteiger partial charge in [0.05, 0.1) is 0 Å². The summed E-state index contributed by atoms with van der Waals surface area (Å²) >= 11 is 1.48. The summed E-state index contributed by atoms with van der Waals surface area (Å²) < 4.78 is 0. The zero-order valence-corrected chi connectivity index (χ0v) is 15.0. The van der Waals surface area contributed by atoms with Gasteiger partial charge in [-0.1, -0.05) is 37.3 Å². The lowest BCUT2D eigenvalue weighted by atomic mass is 10.1. The second kappa shape index (κ2) is 9.23. The highest BCUT2D eigenvalue weighted by atomic mass is 32.1. The van der Waals surface area contributed by atoms with E-state index in [0.29, 0.717) is 25.1 Å². The summed E-state index contributed by atoms with van der Waals surface area (Å²) in [5.74, 6) is -0.0546. The van der Waals surface area contributed by atoms with E-state index < -0.39 is 0 Å². The maximum Gasteiger partial charge on any atom is 0.252 e. The van der Waals surface area contributed by atoms with Crippen molar-refractivity contribution < 1.29 is 9.59 Å². The molecule has 0 fully saturated rings. The van der Waals surface area contributed by atoms with Crippen molar-refractivity contribution in [3.8, 4) is 0 Å². The van der Waals surface area contributed by atoms with E-state index in [9.17, 15) is 9.59 Å². The van der Waals surface area contributed by atoms with Crippen LogP contribution in [0.1, 0.15) is 42.6 Å². The summed E-state index contributed by atoms with van der Waals surface area (Å²) in [5, 5.41) is 6.48. The topological polar surface area (TPSA) is 49.4 Å². The second-order valence-electron chi connectivity index (χ2n) is 5.78. The van der Waals surface area contributed by atoms with Gasteiger partial charge >= 0.3 is 0 Å². The predicted molar refractivity (Wildman–Crippen MR) is 98.0 cm³/mol. The van der Waals surface area contributed by atoms with Crippen molar-refractivity contribution in [1.82, 2.24) is 10.2 Å². The molecule has 1 N–H and O–H groups in total. The summed E-state index contributed by atoms with van der Waals surface area (Å²) in [7, 11) is 0. The van der Waals surface area contributed by atoms with E-state index in [-0.39, 0.29) is 17.9 Å². The van der Waals surface area contributed by atoms with Crippen LogP contribution in [-0.4, -0.2) is 29.3 Å². The van der Waals surface area contributed by atoms with E-state index >= 15 is 0 Å². The van der Waals surface area contributed by atoms with E-state index in [0.717, 1.165) is 12.0 Å². The molecule has 0 bridgehead atoms. The van der Waals surface area contributed by atoms with Crippen molar-refractivity contribution in [3.63, 3.8) is 0 Å². The molecule has 1 atom stereocenters. The molecule has 0 radical (unpaired) electrons. The number of benzene rings is 1. The fraction of sp³-hybridized carbons (Fsp3) is 0.368. The Kier molecular flexibility index (Phi) is 7.00. The molecule has 1 aromatic heterocycles. The molecule has 0 saturated heterocycles. The molecule has 1 heterocycles. The first-order valence-corrected chi connectivity index (χ1v) is 9.20. The standard InChI is InChI=1S/C19H24N2O2S/c1-3-15(2)21(13-16-7-5-4-6-8-16)18(22)9-11-20-19(23)17-10-12-24-14-17/h4-8,10,12,14-15H,3,9,11,13H2,1-2H3,(H,20,23)/t15-/m1/s1. The molecule has 0 unspecified atom stereocenters. The van der Waals surface area contributed by atoms with Gasteiger partial charge in [0.15, 0.2) is 0 Å². The minimum absolute atomic E-state index is 0.0684. The minimum Gasteiger partial charge on any atom is -0.351 e.